The number of rotatable bonds is 2. The van der Waals surface area contributed by atoms with Crippen LogP contribution in [0, 0.1) is 0 Å². The van der Waals surface area contributed by atoms with Gasteiger partial charge in [-0.1, -0.05) is 36.4 Å². The predicted molar refractivity (Wildman–Crippen MR) is 62.0 cm³/mol. The van der Waals surface area contributed by atoms with E-state index in [1.165, 1.54) is 6.07 Å². The molecule has 0 saturated heterocycles. The standard InChI is InChI=1S/C13H10O3/c14-12-8-11(16-9-13(12)15)7-6-10-4-2-1-3-5-10/h1-9,15H/b7-6+. The highest BCUT2D eigenvalue weighted by Gasteiger charge is 1.97. The fourth-order valence-corrected chi connectivity index (χ4v) is 1.25. The molecule has 0 radical (unpaired) electrons. The molecule has 1 aromatic carbocycles. The molecule has 16 heavy (non-hydrogen) atoms. The topological polar surface area (TPSA) is 50.4 Å². The van der Waals surface area contributed by atoms with Gasteiger partial charge in [0.25, 0.3) is 0 Å². The molecule has 2 rings (SSSR count). The summed E-state index contributed by atoms with van der Waals surface area (Å²) in [7, 11) is 0. The molecule has 0 aliphatic carbocycles. The average Bonchev–Trinajstić information content (AvgIpc) is 2.32. The van der Waals surface area contributed by atoms with Gasteiger partial charge in [-0.2, -0.15) is 0 Å². The largest absolute Gasteiger partial charge is 0.502 e. The quantitative estimate of drug-likeness (QED) is 0.835. The summed E-state index contributed by atoms with van der Waals surface area (Å²) in [5.74, 6) is 0.0310. The van der Waals surface area contributed by atoms with Crippen molar-refractivity contribution >= 4 is 12.2 Å². The maximum atomic E-state index is 11.1. The maximum absolute atomic E-state index is 11.1. The third-order valence-electron chi connectivity index (χ3n) is 2.07. The number of aromatic hydroxyl groups is 1. The second kappa shape index (κ2) is 4.49. The molecule has 1 N–H and O–H groups in total. The van der Waals surface area contributed by atoms with Gasteiger partial charge in [0, 0.05) is 6.07 Å². The lowest BCUT2D eigenvalue weighted by molar-refractivity contribution is 0.427. The van der Waals surface area contributed by atoms with Crippen LogP contribution >= 0.6 is 0 Å². The Balaban J connectivity index is 2.24. The summed E-state index contributed by atoms with van der Waals surface area (Å²) in [5, 5.41) is 9.00. The van der Waals surface area contributed by atoms with Crippen molar-refractivity contribution < 1.29 is 9.52 Å². The van der Waals surface area contributed by atoms with E-state index in [2.05, 4.69) is 0 Å². The molecule has 0 saturated carbocycles. The highest BCUT2D eigenvalue weighted by Crippen LogP contribution is 2.08. The van der Waals surface area contributed by atoms with E-state index in [0.29, 0.717) is 5.76 Å². The van der Waals surface area contributed by atoms with Crippen LogP contribution in [0.3, 0.4) is 0 Å². The Labute approximate surface area is 92.3 Å². The first-order valence-electron chi connectivity index (χ1n) is 4.80. The molecule has 0 spiro atoms. The first-order valence-corrected chi connectivity index (χ1v) is 4.80. The van der Waals surface area contributed by atoms with Crippen molar-refractivity contribution in [2.24, 2.45) is 0 Å². The minimum atomic E-state index is -0.445. The molecule has 0 atom stereocenters. The maximum Gasteiger partial charge on any atom is 0.227 e. The van der Waals surface area contributed by atoms with Crippen LogP contribution in [-0.4, -0.2) is 5.11 Å². The third-order valence-corrected chi connectivity index (χ3v) is 2.07. The Kier molecular flexibility index (Phi) is 2.87. The van der Waals surface area contributed by atoms with Crippen LogP contribution in [0.4, 0.5) is 0 Å². The molecule has 0 aliphatic rings. The summed E-state index contributed by atoms with van der Waals surface area (Å²) in [6.07, 6.45) is 4.54. The van der Waals surface area contributed by atoms with Gasteiger partial charge in [-0.15, -0.1) is 0 Å². The van der Waals surface area contributed by atoms with Gasteiger partial charge in [0.05, 0.1) is 0 Å². The van der Waals surface area contributed by atoms with Gasteiger partial charge >= 0.3 is 0 Å². The number of hydrogen-bond acceptors (Lipinski definition) is 3. The summed E-state index contributed by atoms with van der Waals surface area (Å²) in [5.41, 5.74) is 0.567. The van der Waals surface area contributed by atoms with Gasteiger partial charge < -0.3 is 9.52 Å². The van der Waals surface area contributed by atoms with Crippen LogP contribution in [0.5, 0.6) is 5.75 Å². The van der Waals surface area contributed by atoms with Crippen molar-refractivity contribution in [1.82, 2.24) is 0 Å². The van der Waals surface area contributed by atoms with E-state index in [4.69, 9.17) is 9.52 Å². The molecule has 3 nitrogen and oxygen atoms in total. The van der Waals surface area contributed by atoms with Crippen LogP contribution in [-0.2, 0) is 0 Å². The van der Waals surface area contributed by atoms with E-state index >= 15 is 0 Å². The first kappa shape index (κ1) is 10.2. The average molecular weight is 214 g/mol. The summed E-state index contributed by atoms with van der Waals surface area (Å²) >= 11 is 0. The molecule has 0 amide bonds. The minimum absolute atomic E-state index is 0.378. The van der Waals surface area contributed by atoms with Crippen molar-refractivity contribution in [2.75, 3.05) is 0 Å². The Morgan fingerprint density at radius 3 is 2.56 bits per heavy atom. The lowest BCUT2D eigenvalue weighted by Gasteiger charge is -1.94. The zero-order chi connectivity index (χ0) is 11.4. The molecule has 1 heterocycles. The van der Waals surface area contributed by atoms with Crippen LogP contribution in [0.15, 0.2) is 51.9 Å². The van der Waals surface area contributed by atoms with Crippen molar-refractivity contribution in [3.8, 4) is 5.75 Å². The smallest absolute Gasteiger partial charge is 0.227 e. The van der Waals surface area contributed by atoms with Crippen LogP contribution in [0.2, 0.25) is 0 Å². The SMILES string of the molecule is O=c1cc(/C=C/c2ccccc2)occ1O. The van der Waals surface area contributed by atoms with Gasteiger partial charge in [-0.05, 0) is 11.6 Å². The van der Waals surface area contributed by atoms with E-state index in [9.17, 15) is 4.79 Å². The molecule has 80 valence electrons. The van der Waals surface area contributed by atoms with E-state index in [0.717, 1.165) is 11.8 Å². The van der Waals surface area contributed by atoms with Gasteiger partial charge in [0.15, 0.2) is 5.75 Å². The molecule has 3 heteroatoms. The van der Waals surface area contributed by atoms with Crippen LogP contribution < -0.4 is 5.43 Å². The van der Waals surface area contributed by atoms with Crippen molar-refractivity contribution in [3.63, 3.8) is 0 Å². The molecule has 2 aromatic rings. The summed E-state index contributed by atoms with van der Waals surface area (Å²) in [4.78, 5) is 11.1. The molecule has 0 bridgehead atoms. The van der Waals surface area contributed by atoms with E-state index in [1.807, 2.05) is 36.4 Å². The Morgan fingerprint density at radius 1 is 1.12 bits per heavy atom. The van der Waals surface area contributed by atoms with Crippen LogP contribution in [0.1, 0.15) is 11.3 Å². The summed E-state index contributed by atoms with van der Waals surface area (Å²) in [6.45, 7) is 0. The van der Waals surface area contributed by atoms with E-state index in [1.54, 1.807) is 6.08 Å². The summed E-state index contributed by atoms with van der Waals surface area (Å²) in [6, 6.07) is 10.9. The minimum Gasteiger partial charge on any atom is -0.502 e. The highest BCUT2D eigenvalue weighted by atomic mass is 16.3. The molecular weight excluding hydrogens is 204 g/mol. The second-order valence-electron chi connectivity index (χ2n) is 3.28. The van der Waals surface area contributed by atoms with E-state index in [-0.39, 0.29) is 5.75 Å². The van der Waals surface area contributed by atoms with Gasteiger partial charge in [-0.3, -0.25) is 4.79 Å². The lowest BCUT2D eigenvalue weighted by atomic mass is 10.2. The normalized spacial score (nSPS) is 10.8. The highest BCUT2D eigenvalue weighted by molar-refractivity contribution is 5.67. The Hall–Kier alpha value is -2.29. The molecule has 0 unspecified atom stereocenters. The molecule has 0 fully saturated rings. The van der Waals surface area contributed by atoms with Crippen LogP contribution in [0.25, 0.3) is 12.2 Å². The second-order valence-corrected chi connectivity index (χ2v) is 3.28. The van der Waals surface area contributed by atoms with Crippen molar-refractivity contribution in [2.45, 2.75) is 0 Å². The molecule has 0 aliphatic heterocycles. The number of hydrogen-bond donors (Lipinski definition) is 1. The Bertz CT molecular complexity index is 553. The predicted octanol–water partition coefficient (Wildman–Crippen LogP) is 2.52. The first-order chi connectivity index (χ1) is 7.75. The lowest BCUT2D eigenvalue weighted by Crippen LogP contribution is -1.97. The fourth-order valence-electron chi connectivity index (χ4n) is 1.25. The zero-order valence-electron chi connectivity index (χ0n) is 8.46. The fraction of sp³-hybridized carbons (Fsp3) is 0. The monoisotopic (exact) mass is 214 g/mol. The van der Waals surface area contributed by atoms with Crippen molar-refractivity contribution in [3.05, 3.63) is 64.2 Å². The van der Waals surface area contributed by atoms with Crippen molar-refractivity contribution in [1.29, 1.82) is 0 Å². The summed E-state index contributed by atoms with van der Waals surface area (Å²) < 4.78 is 5.02. The molecular formula is C13H10O3. The molecule has 1 aromatic heterocycles. The number of benzene rings is 1. The van der Waals surface area contributed by atoms with Gasteiger partial charge in [-0.25, -0.2) is 0 Å². The Morgan fingerprint density at radius 2 is 1.88 bits per heavy atom. The zero-order valence-corrected chi connectivity index (χ0v) is 8.46. The third kappa shape index (κ3) is 2.39. The van der Waals surface area contributed by atoms with Gasteiger partial charge in [0.2, 0.25) is 5.43 Å². The van der Waals surface area contributed by atoms with Gasteiger partial charge in [0.1, 0.15) is 12.0 Å². The van der Waals surface area contributed by atoms with E-state index < -0.39 is 5.43 Å².